The number of rotatable bonds is 7. The van der Waals surface area contributed by atoms with Gasteiger partial charge in [-0.3, -0.25) is 4.79 Å². The zero-order valence-corrected chi connectivity index (χ0v) is 26.2. The van der Waals surface area contributed by atoms with E-state index in [0.717, 1.165) is 24.8 Å². The Bertz CT molecular complexity index is 1270. The minimum Gasteiger partial charge on any atom is -0.447 e. The predicted octanol–water partition coefficient (Wildman–Crippen LogP) is 5.39. The van der Waals surface area contributed by atoms with Crippen molar-refractivity contribution in [2.24, 2.45) is 22.7 Å². The number of allylic oxidation sites excluding steroid dienone is 1. The van der Waals surface area contributed by atoms with Gasteiger partial charge in [0.1, 0.15) is 18.2 Å². The van der Waals surface area contributed by atoms with Gasteiger partial charge in [0.15, 0.2) is 0 Å². The third-order valence-corrected chi connectivity index (χ3v) is 10.1. The molecule has 1 aromatic rings. The third-order valence-electron chi connectivity index (χ3n) is 10.1. The number of alkyl carbamates (subject to hydrolysis) is 1. The third kappa shape index (κ3) is 5.98. The number of carbonyl (C=O) groups excluding carboxylic acids is 2. The Hall–Kier alpha value is -2.83. The molecule has 226 valence electrons. The summed E-state index contributed by atoms with van der Waals surface area (Å²) in [5.41, 5.74) is 1.91. The van der Waals surface area contributed by atoms with Crippen molar-refractivity contribution in [3.63, 3.8) is 0 Å². The molecule has 1 aromatic carbocycles. The van der Waals surface area contributed by atoms with E-state index in [0.29, 0.717) is 31.2 Å². The SMILES string of the molecule is Cc1ccc(C[C@H](NC(=O)OC[C@H]2CCCN2C(=O)/C(C#N)=C\C(C)(C)C)B2O[C@@H]3C[C@@H]4C[C@@H](C4(C)C)[C@]3(C)O2)cc1. The second-order valence-electron chi connectivity index (χ2n) is 14.7. The van der Waals surface area contributed by atoms with Gasteiger partial charge >= 0.3 is 13.2 Å². The molecule has 0 spiro atoms. The molecule has 2 amide bonds. The van der Waals surface area contributed by atoms with E-state index in [1.54, 1.807) is 11.0 Å². The van der Waals surface area contributed by atoms with Gasteiger partial charge in [-0.2, -0.15) is 5.26 Å². The lowest BCUT2D eigenvalue weighted by Crippen LogP contribution is -2.65. The number of amides is 2. The van der Waals surface area contributed by atoms with E-state index in [1.165, 1.54) is 5.56 Å². The van der Waals surface area contributed by atoms with Gasteiger partial charge in [0.2, 0.25) is 0 Å². The summed E-state index contributed by atoms with van der Waals surface area (Å²) in [5.74, 6) is 0.306. The molecule has 0 unspecified atom stereocenters. The molecule has 5 fully saturated rings. The van der Waals surface area contributed by atoms with Crippen LogP contribution in [0.3, 0.4) is 0 Å². The van der Waals surface area contributed by atoms with E-state index < -0.39 is 19.2 Å². The van der Waals surface area contributed by atoms with Crippen molar-refractivity contribution < 1.29 is 23.6 Å². The highest BCUT2D eigenvalue weighted by Gasteiger charge is 2.68. The van der Waals surface area contributed by atoms with Crippen LogP contribution in [0.15, 0.2) is 35.9 Å². The van der Waals surface area contributed by atoms with Crippen molar-refractivity contribution in [1.82, 2.24) is 10.2 Å². The second-order valence-corrected chi connectivity index (χ2v) is 14.7. The monoisotopic (exact) mass is 575 g/mol. The van der Waals surface area contributed by atoms with Crippen molar-refractivity contribution in [2.75, 3.05) is 13.2 Å². The Balaban J connectivity index is 1.26. The average Bonchev–Trinajstić information content (AvgIpc) is 3.54. The van der Waals surface area contributed by atoms with Gasteiger partial charge in [0, 0.05) is 6.54 Å². The van der Waals surface area contributed by atoms with Crippen molar-refractivity contribution in [3.8, 4) is 6.07 Å². The number of benzene rings is 1. The van der Waals surface area contributed by atoms with Crippen LogP contribution in [0.25, 0.3) is 0 Å². The molecule has 2 saturated heterocycles. The maximum absolute atomic E-state index is 13.2. The van der Waals surface area contributed by atoms with Crippen molar-refractivity contribution in [1.29, 1.82) is 5.26 Å². The average molecular weight is 576 g/mol. The molecule has 0 aromatic heterocycles. The number of nitrogens with zero attached hydrogens (tertiary/aromatic N) is 2. The van der Waals surface area contributed by atoms with Gasteiger partial charge in [0.25, 0.3) is 5.91 Å². The molecule has 1 N–H and O–H groups in total. The van der Waals surface area contributed by atoms with Crippen molar-refractivity contribution in [2.45, 2.75) is 104 Å². The van der Waals surface area contributed by atoms with Crippen LogP contribution in [0.4, 0.5) is 4.79 Å². The van der Waals surface area contributed by atoms with Crippen LogP contribution in [0, 0.1) is 40.9 Å². The Morgan fingerprint density at radius 3 is 2.60 bits per heavy atom. The Kier molecular flexibility index (Phi) is 8.28. The van der Waals surface area contributed by atoms with Gasteiger partial charge < -0.3 is 24.3 Å². The lowest BCUT2D eigenvalue weighted by atomic mass is 9.43. The topological polar surface area (TPSA) is 101 Å². The maximum atomic E-state index is 13.2. The van der Waals surface area contributed by atoms with Gasteiger partial charge in [-0.05, 0) is 74.2 Å². The van der Waals surface area contributed by atoms with E-state index in [1.807, 2.05) is 20.8 Å². The molecule has 5 aliphatic rings. The molecule has 2 heterocycles. The van der Waals surface area contributed by atoms with Crippen LogP contribution in [-0.4, -0.2) is 60.9 Å². The summed E-state index contributed by atoms with van der Waals surface area (Å²) in [6, 6.07) is 10.1. The molecular weight excluding hydrogens is 529 g/mol. The molecular formula is C33H46BN3O5. The normalized spacial score (nSPS) is 30.7. The van der Waals surface area contributed by atoms with Gasteiger partial charge in [-0.15, -0.1) is 0 Å². The first-order valence-electron chi connectivity index (χ1n) is 15.5. The maximum Gasteiger partial charge on any atom is 0.482 e. The van der Waals surface area contributed by atoms with E-state index in [-0.39, 0.29) is 46.7 Å². The molecule has 2 aliphatic heterocycles. The zero-order valence-electron chi connectivity index (χ0n) is 26.2. The van der Waals surface area contributed by atoms with Crippen LogP contribution in [0.2, 0.25) is 0 Å². The molecule has 9 heteroatoms. The summed E-state index contributed by atoms with van der Waals surface area (Å²) in [7, 11) is -0.589. The van der Waals surface area contributed by atoms with Crippen molar-refractivity contribution in [3.05, 3.63) is 47.0 Å². The lowest BCUT2D eigenvalue weighted by molar-refractivity contribution is -0.199. The molecule has 6 rings (SSSR count). The van der Waals surface area contributed by atoms with Crippen LogP contribution in [-0.2, 0) is 25.3 Å². The lowest BCUT2D eigenvalue weighted by Gasteiger charge is -2.64. The highest BCUT2D eigenvalue weighted by atomic mass is 16.7. The first-order chi connectivity index (χ1) is 19.7. The predicted molar refractivity (Wildman–Crippen MR) is 161 cm³/mol. The molecule has 3 saturated carbocycles. The van der Waals surface area contributed by atoms with Crippen LogP contribution >= 0.6 is 0 Å². The number of aryl methyl sites for hydroxylation is 1. The van der Waals surface area contributed by atoms with Crippen LogP contribution < -0.4 is 5.32 Å². The zero-order chi connectivity index (χ0) is 30.4. The highest BCUT2D eigenvalue weighted by molar-refractivity contribution is 6.47. The molecule has 42 heavy (non-hydrogen) atoms. The molecule has 6 atom stereocenters. The Morgan fingerprint density at radius 1 is 1.24 bits per heavy atom. The summed E-state index contributed by atoms with van der Waals surface area (Å²) >= 11 is 0. The van der Waals surface area contributed by atoms with Gasteiger partial charge in [-0.25, -0.2) is 4.79 Å². The van der Waals surface area contributed by atoms with Crippen LogP contribution in [0.1, 0.15) is 78.4 Å². The number of nitrogens with one attached hydrogen (secondary N) is 1. The van der Waals surface area contributed by atoms with E-state index in [4.69, 9.17) is 14.0 Å². The fourth-order valence-corrected chi connectivity index (χ4v) is 7.64. The fourth-order valence-electron chi connectivity index (χ4n) is 7.64. The standard InChI is InChI=1S/C33H46BN3O5/c1-21-10-12-22(13-11-21)15-28(34-41-27-17-24-16-26(32(24,5)6)33(27,7)42-34)36-30(39)40-20-25-9-8-14-37(25)29(38)23(19-35)18-31(2,3)4/h10-13,18,24-28H,8-9,14-17,20H2,1-7H3,(H,36,39)/b23-18-/t24-,25+,26-,27+,28-,33-/m0/s1. The first kappa shape index (κ1) is 30.6. The van der Waals surface area contributed by atoms with E-state index in [9.17, 15) is 14.9 Å². The molecule has 2 bridgehead atoms. The second kappa shape index (κ2) is 11.4. The molecule has 8 nitrogen and oxygen atoms in total. The quantitative estimate of drug-likeness (QED) is 0.266. The number of hydrogen-bond acceptors (Lipinski definition) is 6. The van der Waals surface area contributed by atoms with E-state index >= 15 is 0 Å². The van der Waals surface area contributed by atoms with Crippen molar-refractivity contribution >= 4 is 19.1 Å². The van der Waals surface area contributed by atoms with Crippen LogP contribution in [0.5, 0.6) is 0 Å². The number of nitriles is 1. The molecule has 0 radical (unpaired) electrons. The molecule has 3 aliphatic carbocycles. The summed E-state index contributed by atoms with van der Waals surface area (Å²) in [4.78, 5) is 28.1. The summed E-state index contributed by atoms with van der Waals surface area (Å²) in [6.45, 7) is 15.4. The number of carbonyl (C=O) groups is 2. The Labute approximate surface area is 251 Å². The fraction of sp³-hybridized carbons (Fsp3) is 0.667. The largest absolute Gasteiger partial charge is 0.482 e. The summed E-state index contributed by atoms with van der Waals surface area (Å²) in [5, 5.41) is 12.7. The number of ether oxygens (including phenoxy) is 1. The number of hydrogen-bond donors (Lipinski definition) is 1. The smallest absolute Gasteiger partial charge is 0.447 e. The van der Waals surface area contributed by atoms with Gasteiger partial charge in [-0.1, -0.05) is 70.5 Å². The minimum atomic E-state index is -0.589. The Morgan fingerprint density at radius 2 is 1.95 bits per heavy atom. The van der Waals surface area contributed by atoms with Gasteiger partial charge in [0.05, 0.1) is 23.7 Å². The summed E-state index contributed by atoms with van der Waals surface area (Å²) in [6.07, 6.45) is 5.33. The van der Waals surface area contributed by atoms with E-state index in [2.05, 4.69) is 63.3 Å². The number of likely N-dealkylation sites (tertiary alicyclic amines) is 1. The first-order valence-corrected chi connectivity index (χ1v) is 15.5. The minimum absolute atomic E-state index is 0.00570. The summed E-state index contributed by atoms with van der Waals surface area (Å²) < 4.78 is 19.0. The highest BCUT2D eigenvalue weighted by Crippen LogP contribution is 2.65.